The summed E-state index contributed by atoms with van der Waals surface area (Å²) in [5.74, 6) is 1.95. The van der Waals surface area contributed by atoms with Gasteiger partial charge in [-0.2, -0.15) is 5.10 Å². The van der Waals surface area contributed by atoms with E-state index in [0.29, 0.717) is 12.6 Å². The van der Waals surface area contributed by atoms with Gasteiger partial charge in [0.15, 0.2) is 5.65 Å². The van der Waals surface area contributed by atoms with Crippen LogP contribution in [0.3, 0.4) is 0 Å². The number of anilines is 1. The van der Waals surface area contributed by atoms with Crippen LogP contribution in [0.4, 0.5) is 5.69 Å². The van der Waals surface area contributed by atoms with Crippen LogP contribution in [0, 0.1) is 0 Å². The molecule has 0 aliphatic heterocycles. The van der Waals surface area contributed by atoms with Crippen molar-refractivity contribution in [3.63, 3.8) is 0 Å². The van der Waals surface area contributed by atoms with E-state index >= 15 is 0 Å². The van der Waals surface area contributed by atoms with Crippen molar-refractivity contribution < 1.29 is 4.42 Å². The Balaban J connectivity index is 1.75. The van der Waals surface area contributed by atoms with Crippen LogP contribution in [0.1, 0.15) is 38.3 Å². The average Bonchev–Trinajstić information content (AvgIpc) is 3.11. The minimum atomic E-state index is 0.310. The molecule has 0 unspecified atom stereocenters. The van der Waals surface area contributed by atoms with E-state index < -0.39 is 0 Å². The molecule has 0 atom stereocenters. The van der Waals surface area contributed by atoms with Crippen LogP contribution < -0.4 is 5.32 Å². The quantitative estimate of drug-likeness (QED) is 0.774. The third-order valence-corrected chi connectivity index (χ3v) is 3.46. The van der Waals surface area contributed by atoms with E-state index in [1.54, 1.807) is 0 Å². The van der Waals surface area contributed by atoms with Crippen LogP contribution in [-0.2, 0) is 13.0 Å². The lowest BCUT2D eigenvalue weighted by Crippen LogP contribution is -2.03. The molecule has 0 amide bonds. The van der Waals surface area contributed by atoms with Crippen LogP contribution in [-0.4, -0.2) is 14.8 Å². The maximum absolute atomic E-state index is 5.68. The molecular formula is C16H20N4O. The van der Waals surface area contributed by atoms with Gasteiger partial charge in [-0.1, -0.05) is 6.92 Å². The second-order valence-corrected chi connectivity index (χ2v) is 5.39. The zero-order valence-electron chi connectivity index (χ0n) is 12.6. The number of fused-ring (bicyclic) bond motifs is 1. The average molecular weight is 284 g/mol. The predicted octanol–water partition coefficient (Wildman–Crippen LogP) is 3.78. The maximum atomic E-state index is 5.68. The first-order valence-corrected chi connectivity index (χ1v) is 7.32. The fourth-order valence-electron chi connectivity index (χ4n) is 2.31. The van der Waals surface area contributed by atoms with Crippen LogP contribution in [0.15, 0.2) is 35.0 Å². The summed E-state index contributed by atoms with van der Waals surface area (Å²) in [7, 11) is 0. The second kappa shape index (κ2) is 5.60. The molecule has 3 heterocycles. The molecule has 3 rings (SSSR count). The second-order valence-electron chi connectivity index (χ2n) is 5.39. The van der Waals surface area contributed by atoms with Crippen molar-refractivity contribution in [1.82, 2.24) is 14.8 Å². The third kappa shape index (κ3) is 2.77. The van der Waals surface area contributed by atoms with Crippen LogP contribution in [0.5, 0.6) is 0 Å². The Morgan fingerprint density at radius 3 is 2.76 bits per heavy atom. The Kier molecular flexibility index (Phi) is 3.64. The highest BCUT2D eigenvalue weighted by Crippen LogP contribution is 2.19. The molecular weight excluding hydrogens is 264 g/mol. The van der Waals surface area contributed by atoms with Crippen molar-refractivity contribution in [1.29, 1.82) is 0 Å². The van der Waals surface area contributed by atoms with Gasteiger partial charge in [-0.3, -0.25) is 0 Å². The summed E-state index contributed by atoms with van der Waals surface area (Å²) in [6.07, 6.45) is 4.62. The van der Waals surface area contributed by atoms with E-state index in [-0.39, 0.29) is 0 Å². The Labute approximate surface area is 124 Å². The maximum Gasteiger partial charge on any atom is 0.158 e. The number of aryl methyl sites for hydroxylation is 1. The standard InChI is InChI=1S/C16H20N4O/c1-4-14-5-6-15(21-14)10-17-13-7-12-8-19-20(11(2)3)16(12)18-9-13/h5-9,11,17H,4,10H2,1-3H3. The Morgan fingerprint density at radius 2 is 2.05 bits per heavy atom. The lowest BCUT2D eigenvalue weighted by molar-refractivity contribution is 0.476. The fourth-order valence-corrected chi connectivity index (χ4v) is 2.31. The van der Waals surface area contributed by atoms with Crippen molar-refractivity contribution in [2.45, 2.75) is 39.8 Å². The summed E-state index contributed by atoms with van der Waals surface area (Å²) in [6, 6.07) is 6.40. The SMILES string of the molecule is CCc1ccc(CNc2cnc3c(cnn3C(C)C)c2)o1. The van der Waals surface area contributed by atoms with Crippen molar-refractivity contribution >= 4 is 16.7 Å². The number of rotatable bonds is 5. The number of furan rings is 1. The molecule has 3 aromatic heterocycles. The fraction of sp³-hybridized carbons (Fsp3) is 0.375. The van der Waals surface area contributed by atoms with Gasteiger partial charge in [0, 0.05) is 17.8 Å². The summed E-state index contributed by atoms with van der Waals surface area (Å²) >= 11 is 0. The molecule has 0 saturated heterocycles. The monoisotopic (exact) mass is 284 g/mol. The summed E-state index contributed by atoms with van der Waals surface area (Å²) < 4.78 is 7.61. The highest BCUT2D eigenvalue weighted by molar-refractivity contribution is 5.78. The first-order valence-electron chi connectivity index (χ1n) is 7.32. The van der Waals surface area contributed by atoms with Gasteiger partial charge in [-0.25, -0.2) is 9.67 Å². The number of nitrogens with one attached hydrogen (secondary N) is 1. The smallest absolute Gasteiger partial charge is 0.158 e. The molecule has 0 aromatic carbocycles. The van der Waals surface area contributed by atoms with Gasteiger partial charge in [-0.05, 0) is 32.0 Å². The minimum absolute atomic E-state index is 0.310. The predicted molar refractivity (Wildman–Crippen MR) is 83.3 cm³/mol. The normalized spacial score (nSPS) is 11.4. The molecule has 0 fully saturated rings. The number of pyridine rings is 1. The minimum Gasteiger partial charge on any atom is -0.464 e. The molecule has 0 spiro atoms. The lowest BCUT2D eigenvalue weighted by Gasteiger charge is -2.07. The van der Waals surface area contributed by atoms with Crippen molar-refractivity contribution in [3.8, 4) is 0 Å². The molecule has 110 valence electrons. The molecule has 0 radical (unpaired) electrons. The molecule has 5 heteroatoms. The van der Waals surface area contributed by atoms with Crippen molar-refractivity contribution in [2.24, 2.45) is 0 Å². The van der Waals surface area contributed by atoms with Crippen LogP contribution >= 0.6 is 0 Å². The van der Waals surface area contributed by atoms with Crippen molar-refractivity contribution in [3.05, 3.63) is 42.1 Å². The number of nitrogens with zero attached hydrogens (tertiary/aromatic N) is 3. The molecule has 3 aromatic rings. The topological polar surface area (TPSA) is 55.9 Å². The highest BCUT2D eigenvalue weighted by atomic mass is 16.3. The van der Waals surface area contributed by atoms with E-state index in [4.69, 9.17) is 4.42 Å². The van der Waals surface area contributed by atoms with E-state index in [0.717, 1.165) is 34.7 Å². The summed E-state index contributed by atoms with van der Waals surface area (Å²) in [4.78, 5) is 4.50. The highest BCUT2D eigenvalue weighted by Gasteiger charge is 2.08. The first kappa shape index (κ1) is 13.7. The van der Waals surface area contributed by atoms with Gasteiger partial charge in [-0.15, -0.1) is 0 Å². The zero-order chi connectivity index (χ0) is 14.8. The summed E-state index contributed by atoms with van der Waals surface area (Å²) in [6.45, 7) is 6.94. The summed E-state index contributed by atoms with van der Waals surface area (Å²) in [5, 5.41) is 8.76. The van der Waals surface area contributed by atoms with Crippen LogP contribution in [0.2, 0.25) is 0 Å². The molecule has 1 N–H and O–H groups in total. The Hall–Kier alpha value is -2.30. The first-order chi connectivity index (χ1) is 10.2. The molecule has 5 nitrogen and oxygen atoms in total. The Morgan fingerprint density at radius 1 is 1.24 bits per heavy atom. The largest absolute Gasteiger partial charge is 0.464 e. The van der Waals surface area contributed by atoms with Gasteiger partial charge in [0.2, 0.25) is 0 Å². The third-order valence-electron chi connectivity index (χ3n) is 3.46. The molecule has 0 saturated carbocycles. The van der Waals surface area contributed by atoms with Crippen molar-refractivity contribution in [2.75, 3.05) is 5.32 Å². The summed E-state index contributed by atoms with van der Waals surface area (Å²) in [5.41, 5.74) is 1.89. The van der Waals surface area contributed by atoms with Gasteiger partial charge in [0.25, 0.3) is 0 Å². The van der Waals surface area contributed by atoms with Gasteiger partial charge >= 0.3 is 0 Å². The van der Waals surface area contributed by atoms with E-state index in [1.165, 1.54) is 0 Å². The lowest BCUT2D eigenvalue weighted by atomic mass is 10.3. The van der Waals surface area contributed by atoms with Gasteiger partial charge in [0.1, 0.15) is 11.5 Å². The zero-order valence-corrected chi connectivity index (χ0v) is 12.6. The van der Waals surface area contributed by atoms with E-state index in [9.17, 15) is 0 Å². The number of hydrogen-bond donors (Lipinski definition) is 1. The van der Waals surface area contributed by atoms with E-state index in [1.807, 2.05) is 29.2 Å². The molecule has 21 heavy (non-hydrogen) atoms. The number of hydrogen-bond acceptors (Lipinski definition) is 4. The number of aromatic nitrogens is 3. The van der Waals surface area contributed by atoms with Gasteiger partial charge < -0.3 is 9.73 Å². The molecule has 0 aliphatic carbocycles. The molecule has 0 bridgehead atoms. The Bertz CT molecular complexity index is 742. The molecule has 0 aliphatic rings. The van der Waals surface area contributed by atoms with Crippen LogP contribution in [0.25, 0.3) is 11.0 Å². The van der Waals surface area contributed by atoms with Gasteiger partial charge in [0.05, 0.1) is 24.6 Å². The van der Waals surface area contributed by atoms with E-state index in [2.05, 4.69) is 42.2 Å².